The van der Waals surface area contributed by atoms with Crippen molar-refractivity contribution in [3.05, 3.63) is 42.2 Å². The number of hydrogen-bond donors (Lipinski definition) is 2. The van der Waals surface area contributed by atoms with Gasteiger partial charge in [0.25, 0.3) is 0 Å². The van der Waals surface area contributed by atoms with Crippen LogP contribution in [0.1, 0.15) is 6.92 Å². The van der Waals surface area contributed by atoms with E-state index in [-0.39, 0.29) is 5.82 Å². The second-order valence-corrected chi connectivity index (χ2v) is 5.63. The molecule has 1 aliphatic rings. The monoisotopic (exact) mass is 304 g/mol. The molecular weight excluding hydrogens is 283 g/mol. The first-order valence-corrected chi connectivity index (χ1v) is 7.63. The third-order valence-electron chi connectivity index (χ3n) is 3.99. The van der Waals surface area contributed by atoms with E-state index in [1.165, 1.54) is 6.07 Å². The lowest BCUT2D eigenvalue weighted by atomic mass is 10.1. The van der Waals surface area contributed by atoms with Gasteiger partial charge in [0.2, 0.25) is 0 Å². The number of nitrogens with zero attached hydrogens (tertiary/aromatic N) is 1. The zero-order valence-electron chi connectivity index (χ0n) is 12.6. The summed E-state index contributed by atoms with van der Waals surface area (Å²) in [5, 5.41) is 14.6. The van der Waals surface area contributed by atoms with E-state index in [4.69, 9.17) is 4.74 Å². The normalized spacial score (nSPS) is 19.0. The number of aliphatic hydroxyl groups excluding tert-OH is 1. The van der Waals surface area contributed by atoms with Gasteiger partial charge >= 0.3 is 0 Å². The molecule has 22 heavy (non-hydrogen) atoms. The summed E-state index contributed by atoms with van der Waals surface area (Å²) in [6.07, 6.45) is -1.15. The standard InChI is InChI=1S/C17H21FN2O2/c1-12(21)17(20-10-8-19-9-11-20)22-15-7-3-5-13-4-2-6-14(18)16(13)15/h2-7,12,17,19,21H,8-11H2,1H3. The van der Waals surface area contributed by atoms with Crippen LogP contribution in [-0.4, -0.2) is 48.5 Å². The number of piperazine rings is 1. The summed E-state index contributed by atoms with van der Waals surface area (Å²) >= 11 is 0. The largest absolute Gasteiger partial charge is 0.472 e. The number of aliphatic hydroxyl groups is 1. The molecule has 2 N–H and O–H groups in total. The van der Waals surface area contributed by atoms with Crippen LogP contribution in [0.2, 0.25) is 0 Å². The van der Waals surface area contributed by atoms with Crippen molar-refractivity contribution in [2.75, 3.05) is 26.2 Å². The van der Waals surface area contributed by atoms with Gasteiger partial charge in [-0.05, 0) is 24.4 Å². The zero-order chi connectivity index (χ0) is 15.5. The van der Waals surface area contributed by atoms with E-state index in [0.29, 0.717) is 11.1 Å². The highest BCUT2D eigenvalue weighted by atomic mass is 19.1. The molecule has 2 unspecified atom stereocenters. The highest BCUT2D eigenvalue weighted by Crippen LogP contribution is 2.29. The van der Waals surface area contributed by atoms with Crippen molar-refractivity contribution in [1.29, 1.82) is 0 Å². The van der Waals surface area contributed by atoms with E-state index in [1.807, 2.05) is 18.2 Å². The summed E-state index contributed by atoms with van der Waals surface area (Å²) in [5.41, 5.74) is 0. The highest BCUT2D eigenvalue weighted by Gasteiger charge is 2.27. The lowest BCUT2D eigenvalue weighted by Gasteiger charge is -2.36. The second kappa shape index (κ2) is 6.60. The Kier molecular flexibility index (Phi) is 4.57. The molecule has 0 amide bonds. The summed E-state index contributed by atoms with van der Waals surface area (Å²) in [7, 11) is 0. The van der Waals surface area contributed by atoms with Crippen molar-refractivity contribution in [1.82, 2.24) is 10.2 Å². The summed E-state index contributed by atoms with van der Waals surface area (Å²) in [6, 6.07) is 10.4. The average molecular weight is 304 g/mol. The first kappa shape index (κ1) is 15.2. The Morgan fingerprint density at radius 3 is 2.55 bits per heavy atom. The number of ether oxygens (including phenoxy) is 1. The third-order valence-corrected chi connectivity index (χ3v) is 3.99. The number of fused-ring (bicyclic) bond motifs is 1. The molecule has 3 rings (SSSR count). The molecule has 2 aromatic carbocycles. The number of nitrogens with one attached hydrogen (secondary N) is 1. The van der Waals surface area contributed by atoms with Gasteiger partial charge in [0.05, 0.1) is 5.39 Å². The predicted molar refractivity (Wildman–Crippen MR) is 84.4 cm³/mol. The minimum Gasteiger partial charge on any atom is -0.472 e. The molecule has 0 bridgehead atoms. The van der Waals surface area contributed by atoms with Crippen LogP contribution in [0, 0.1) is 5.82 Å². The Morgan fingerprint density at radius 1 is 1.18 bits per heavy atom. The summed E-state index contributed by atoms with van der Waals surface area (Å²) in [5.74, 6) is 0.165. The van der Waals surface area contributed by atoms with E-state index >= 15 is 0 Å². The molecule has 5 heteroatoms. The minimum atomic E-state index is -0.667. The Hall–Kier alpha value is -1.69. The number of halogens is 1. The zero-order valence-corrected chi connectivity index (χ0v) is 12.6. The summed E-state index contributed by atoms with van der Waals surface area (Å²) in [6.45, 7) is 5.01. The molecule has 0 spiro atoms. The van der Waals surface area contributed by atoms with Crippen molar-refractivity contribution in [3.8, 4) is 5.75 Å². The summed E-state index contributed by atoms with van der Waals surface area (Å²) in [4.78, 5) is 2.08. The van der Waals surface area contributed by atoms with Crippen LogP contribution in [0.3, 0.4) is 0 Å². The van der Waals surface area contributed by atoms with Gasteiger partial charge in [-0.25, -0.2) is 4.39 Å². The Morgan fingerprint density at radius 2 is 1.86 bits per heavy atom. The molecule has 4 nitrogen and oxygen atoms in total. The molecule has 2 atom stereocenters. The van der Waals surface area contributed by atoms with Gasteiger partial charge < -0.3 is 15.2 Å². The van der Waals surface area contributed by atoms with Crippen molar-refractivity contribution in [2.24, 2.45) is 0 Å². The first-order valence-electron chi connectivity index (χ1n) is 7.63. The molecule has 1 aliphatic heterocycles. The van der Waals surface area contributed by atoms with Gasteiger partial charge in [0.1, 0.15) is 17.7 Å². The van der Waals surface area contributed by atoms with Crippen molar-refractivity contribution in [2.45, 2.75) is 19.3 Å². The van der Waals surface area contributed by atoms with E-state index in [9.17, 15) is 9.50 Å². The van der Waals surface area contributed by atoms with Crippen LogP contribution >= 0.6 is 0 Å². The Balaban J connectivity index is 1.92. The third kappa shape index (κ3) is 3.06. The van der Waals surface area contributed by atoms with Gasteiger partial charge in [0.15, 0.2) is 6.23 Å². The summed E-state index contributed by atoms with van der Waals surface area (Å²) < 4.78 is 20.2. The highest BCUT2D eigenvalue weighted by molar-refractivity contribution is 5.88. The van der Waals surface area contributed by atoms with Crippen LogP contribution in [0.25, 0.3) is 10.8 Å². The molecular formula is C17H21FN2O2. The van der Waals surface area contributed by atoms with Crippen molar-refractivity contribution >= 4 is 10.8 Å². The maximum Gasteiger partial charge on any atom is 0.178 e. The Labute approximate surface area is 129 Å². The van der Waals surface area contributed by atoms with Crippen LogP contribution in [0.5, 0.6) is 5.75 Å². The second-order valence-electron chi connectivity index (χ2n) is 5.63. The minimum absolute atomic E-state index is 0.308. The number of hydrogen-bond acceptors (Lipinski definition) is 4. The van der Waals surface area contributed by atoms with Crippen LogP contribution in [-0.2, 0) is 0 Å². The number of rotatable bonds is 4. The van der Waals surface area contributed by atoms with Crippen molar-refractivity contribution in [3.63, 3.8) is 0 Å². The SMILES string of the molecule is CC(O)C(Oc1cccc2cccc(F)c12)N1CCNCC1. The van der Waals surface area contributed by atoms with Gasteiger partial charge in [-0.3, -0.25) is 4.90 Å². The fraction of sp³-hybridized carbons (Fsp3) is 0.412. The smallest absolute Gasteiger partial charge is 0.178 e. The van der Waals surface area contributed by atoms with E-state index in [2.05, 4.69) is 10.2 Å². The molecule has 0 radical (unpaired) electrons. The molecule has 1 saturated heterocycles. The van der Waals surface area contributed by atoms with Crippen molar-refractivity contribution < 1.29 is 14.2 Å². The first-order chi connectivity index (χ1) is 10.7. The number of benzene rings is 2. The maximum atomic E-state index is 14.2. The van der Waals surface area contributed by atoms with Gasteiger partial charge in [0, 0.05) is 26.2 Å². The van der Waals surface area contributed by atoms with Crippen LogP contribution in [0.4, 0.5) is 4.39 Å². The molecule has 0 aliphatic carbocycles. The van der Waals surface area contributed by atoms with Crippen LogP contribution < -0.4 is 10.1 Å². The lowest BCUT2D eigenvalue weighted by molar-refractivity contribution is -0.0617. The fourth-order valence-corrected chi connectivity index (χ4v) is 2.91. The van der Waals surface area contributed by atoms with E-state index < -0.39 is 12.3 Å². The van der Waals surface area contributed by atoms with E-state index in [1.54, 1.807) is 19.1 Å². The van der Waals surface area contributed by atoms with E-state index in [0.717, 1.165) is 31.6 Å². The predicted octanol–water partition coefficient (Wildman–Crippen LogP) is 1.97. The molecule has 1 heterocycles. The molecule has 118 valence electrons. The average Bonchev–Trinajstić information content (AvgIpc) is 2.53. The molecule has 2 aromatic rings. The maximum absolute atomic E-state index is 14.2. The van der Waals surface area contributed by atoms with Gasteiger partial charge in [-0.15, -0.1) is 0 Å². The van der Waals surface area contributed by atoms with Gasteiger partial charge in [-0.1, -0.05) is 24.3 Å². The topological polar surface area (TPSA) is 44.7 Å². The Bertz CT molecular complexity index is 636. The fourth-order valence-electron chi connectivity index (χ4n) is 2.91. The molecule has 1 fully saturated rings. The lowest BCUT2D eigenvalue weighted by Crippen LogP contribution is -2.54. The quantitative estimate of drug-likeness (QED) is 0.906. The molecule has 0 saturated carbocycles. The van der Waals surface area contributed by atoms with Crippen LogP contribution in [0.15, 0.2) is 36.4 Å². The molecule has 0 aromatic heterocycles. The van der Waals surface area contributed by atoms with Gasteiger partial charge in [-0.2, -0.15) is 0 Å².